The van der Waals surface area contributed by atoms with Gasteiger partial charge in [0, 0.05) is 29.0 Å². The van der Waals surface area contributed by atoms with Gasteiger partial charge in [-0.05, 0) is 17.5 Å². The maximum Gasteiger partial charge on any atom is 0.278 e. The highest BCUT2D eigenvalue weighted by Gasteiger charge is 2.53. The Kier molecular flexibility index (Phi) is 6.44. The number of β-lactam (4-membered cyclic amide) rings is 1. The average molecular weight is 520 g/mol. The zero-order chi connectivity index (χ0) is 26.1. The number of nitrogens with one attached hydrogen (secondary N) is 1. The molecule has 0 bridgehead atoms. The Balaban J connectivity index is 1.36. The number of carboxylic acid groups (broad SMARTS) is 1. The summed E-state index contributed by atoms with van der Waals surface area (Å²) >= 11 is 1.35. The molecule has 2 aliphatic heterocycles. The Morgan fingerprint density at radius 1 is 1.30 bits per heavy atom. The molecule has 3 N–H and O–H groups in total. The molecule has 0 aliphatic carbocycles. The topological polar surface area (TPSA) is 167 Å². The molecule has 12 nitrogen and oxygen atoms in total. The number of aromatic nitrogens is 3. The fraction of sp³-hybridized carbons (Fsp3) is 0.208. The fourth-order valence-electron chi connectivity index (χ4n) is 4.26. The summed E-state index contributed by atoms with van der Waals surface area (Å²) in [6, 6.07) is 10.2. The zero-order valence-electron chi connectivity index (χ0n) is 19.5. The van der Waals surface area contributed by atoms with Crippen molar-refractivity contribution in [3.05, 3.63) is 72.1 Å². The number of nitrogens with two attached hydrogens (primary N) is 1. The van der Waals surface area contributed by atoms with Crippen LogP contribution in [0.15, 0.2) is 71.4 Å². The first-order valence-corrected chi connectivity index (χ1v) is 12.2. The lowest BCUT2D eigenvalue weighted by molar-refractivity contribution is -0.687. The number of carboxylic acids is 1. The number of fused-ring (bicyclic) bond motifs is 2. The number of benzene rings is 1. The van der Waals surface area contributed by atoms with Gasteiger partial charge < -0.3 is 25.8 Å². The number of thioether (sulfide) groups is 1. The quantitative estimate of drug-likeness (QED) is 0.171. The third-order valence-electron chi connectivity index (χ3n) is 5.93. The summed E-state index contributed by atoms with van der Waals surface area (Å²) in [5, 5.41) is 19.8. The second kappa shape index (κ2) is 9.85. The molecule has 1 fully saturated rings. The van der Waals surface area contributed by atoms with Crippen LogP contribution in [0.4, 0.5) is 5.82 Å². The highest BCUT2D eigenvalue weighted by molar-refractivity contribution is 8.00. The molecular weight excluding hydrogens is 498 g/mol. The normalized spacial score (nSPS) is 19.3. The molecule has 188 valence electrons. The van der Waals surface area contributed by atoms with E-state index < -0.39 is 29.2 Å². The highest BCUT2D eigenvalue weighted by Crippen LogP contribution is 2.40. The molecule has 2 aromatic heterocycles. The molecule has 37 heavy (non-hydrogen) atoms. The van der Waals surface area contributed by atoms with Crippen molar-refractivity contribution in [2.24, 2.45) is 5.16 Å². The van der Waals surface area contributed by atoms with E-state index in [4.69, 9.17) is 10.6 Å². The van der Waals surface area contributed by atoms with E-state index in [0.717, 1.165) is 15.7 Å². The number of oxime groups is 1. The van der Waals surface area contributed by atoms with Crippen molar-refractivity contribution in [1.82, 2.24) is 20.2 Å². The zero-order valence-corrected chi connectivity index (χ0v) is 20.3. The van der Waals surface area contributed by atoms with Gasteiger partial charge in [0.1, 0.15) is 24.3 Å². The van der Waals surface area contributed by atoms with Crippen LogP contribution in [-0.4, -0.2) is 62.6 Å². The van der Waals surface area contributed by atoms with Crippen LogP contribution in [0.25, 0.3) is 10.8 Å². The van der Waals surface area contributed by atoms with E-state index in [1.54, 1.807) is 0 Å². The van der Waals surface area contributed by atoms with Crippen molar-refractivity contribution >= 4 is 51.8 Å². The molecule has 2 atom stereocenters. The number of rotatable bonds is 7. The minimum Gasteiger partial charge on any atom is -0.543 e. The predicted molar refractivity (Wildman–Crippen MR) is 131 cm³/mol. The van der Waals surface area contributed by atoms with Crippen LogP contribution >= 0.6 is 11.8 Å². The van der Waals surface area contributed by atoms with Crippen LogP contribution < -0.4 is 20.7 Å². The van der Waals surface area contributed by atoms with Crippen LogP contribution in [0.2, 0.25) is 0 Å². The van der Waals surface area contributed by atoms with Crippen molar-refractivity contribution in [2.45, 2.75) is 18.0 Å². The molecule has 0 spiro atoms. The van der Waals surface area contributed by atoms with Crippen LogP contribution in [0.1, 0.15) is 5.82 Å². The molecule has 0 radical (unpaired) electrons. The number of pyridine rings is 1. The second-order valence-electron chi connectivity index (χ2n) is 8.27. The van der Waals surface area contributed by atoms with E-state index in [1.807, 2.05) is 47.3 Å². The third-order valence-corrected chi connectivity index (χ3v) is 7.27. The number of amides is 2. The monoisotopic (exact) mass is 519 g/mol. The molecule has 2 aliphatic rings. The SMILES string of the molecule is CON=C(C(=O)NC1C(=O)N2C(C(=O)[O-])=C(C[n+]3ccc4ccccc4c3)CS[C@@H]12)c1nccc(N)n1. The summed E-state index contributed by atoms with van der Waals surface area (Å²) in [6.45, 7) is 0.270. The molecule has 13 heteroatoms. The standard InChI is InChI=1S/C24H21N7O5S/c1-36-29-17(20-26-8-6-16(25)27-20)21(32)28-18-22(33)31-19(24(34)35)15(12-37-23(18)31)11-30-9-7-13-4-2-3-5-14(13)10-30/h2-10,18,23H,11-12H2,1H3,(H3-,25,26,27,28,32,34,35)/t18?,23-/m0/s1. The van der Waals surface area contributed by atoms with E-state index in [0.29, 0.717) is 11.3 Å². The van der Waals surface area contributed by atoms with Gasteiger partial charge in [-0.15, -0.1) is 11.8 Å². The van der Waals surface area contributed by atoms with Gasteiger partial charge in [0.15, 0.2) is 24.8 Å². The Morgan fingerprint density at radius 3 is 2.81 bits per heavy atom. The van der Waals surface area contributed by atoms with Crippen LogP contribution in [0.5, 0.6) is 0 Å². The number of nitrogens with zero attached hydrogens (tertiary/aromatic N) is 5. The lowest BCUT2D eigenvalue weighted by atomic mass is 10.0. The lowest BCUT2D eigenvalue weighted by Crippen LogP contribution is -2.71. The first kappa shape index (κ1) is 24.2. The molecular formula is C24H21N7O5S. The summed E-state index contributed by atoms with van der Waals surface area (Å²) in [5.41, 5.74) is 5.76. The minimum atomic E-state index is -1.45. The Hall–Kier alpha value is -4.52. The number of aliphatic carboxylic acids is 1. The van der Waals surface area contributed by atoms with Gasteiger partial charge in [-0.2, -0.15) is 0 Å². The summed E-state index contributed by atoms with van der Waals surface area (Å²) in [6.07, 6.45) is 5.13. The van der Waals surface area contributed by atoms with Gasteiger partial charge in [0.05, 0.1) is 11.7 Å². The maximum atomic E-state index is 13.0. The van der Waals surface area contributed by atoms with Crippen LogP contribution in [-0.2, 0) is 25.8 Å². The van der Waals surface area contributed by atoms with Gasteiger partial charge in [-0.3, -0.25) is 14.5 Å². The highest BCUT2D eigenvalue weighted by atomic mass is 32.2. The van der Waals surface area contributed by atoms with Crippen LogP contribution in [0, 0.1) is 0 Å². The van der Waals surface area contributed by atoms with E-state index in [1.165, 1.54) is 31.1 Å². The van der Waals surface area contributed by atoms with Crippen molar-refractivity contribution in [1.29, 1.82) is 0 Å². The van der Waals surface area contributed by atoms with E-state index >= 15 is 0 Å². The van der Waals surface area contributed by atoms with E-state index in [-0.39, 0.29) is 29.6 Å². The van der Waals surface area contributed by atoms with E-state index in [2.05, 4.69) is 20.4 Å². The molecule has 1 saturated heterocycles. The number of hydrogen-bond donors (Lipinski definition) is 2. The third kappa shape index (κ3) is 4.56. The summed E-state index contributed by atoms with van der Waals surface area (Å²) in [5.74, 6) is -2.41. The molecule has 0 saturated carbocycles. The van der Waals surface area contributed by atoms with Crippen molar-refractivity contribution in [3.63, 3.8) is 0 Å². The minimum absolute atomic E-state index is 0.0794. The van der Waals surface area contributed by atoms with Crippen molar-refractivity contribution in [2.75, 3.05) is 18.6 Å². The summed E-state index contributed by atoms with van der Waals surface area (Å²) < 4.78 is 1.87. The average Bonchev–Trinajstić information content (AvgIpc) is 2.89. The van der Waals surface area contributed by atoms with Gasteiger partial charge in [-0.25, -0.2) is 14.5 Å². The molecule has 5 rings (SSSR count). The molecule has 1 aromatic carbocycles. The van der Waals surface area contributed by atoms with Crippen LogP contribution in [0.3, 0.4) is 0 Å². The lowest BCUT2D eigenvalue weighted by Gasteiger charge is -2.50. The number of hydrogen-bond acceptors (Lipinski definition) is 10. The first-order valence-electron chi connectivity index (χ1n) is 11.1. The summed E-state index contributed by atoms with van der Waals surface area (Å²) in [7, 11) is 1.25. The smallest absolute Gasteiger partial charge is 0.278 e. The summed E-state index contributed by atoms with van der Waals surface area (Å²) in [4.78, 5) is 51.9. The number of nitrogen functional groups attached to an aromatic ring is 1. The molecule has 1 unspecified atom stereocenters. The number of carbonyl (C=O) groups excluding carboxylic acids is 3. The Morgan fingerprint density at radius 2 is 2.08 bits per heavy atom. The maximum absolute atomic E-state index is 13.0. The largest absolute Gasteiger partial charge is 0.543 e. The van der Waals surface area contributed by atoms with Crippen molar-refractivity contribution < 1.29 is 28.9 Å². The van der Waals surface area contributed by atoms with E-state index in [9.17, 15) is 19.5 Å². The number of carbonyl (C=O) groups is 3. The second-order valence-corrected chi connectivity index (χ2v) is 9.38. The molecule has 4 heterocycles. The fourth-order valence-corrected chi connectivity index (χ4v) is 5.60. The number of anilines is 1. The molecule has 3 aromatic rings. The van der Waals surface area contributed by atoms with Gasteiger partial charge >= 0.3 is 0 Å². The van der Waals surface area contributed by atoms with Gasteiger partial charge in [0.2, 0.25) is 5.71 Å². The Bertz CT molecular complexity index is 1490. The van der Waals surface area contributed by atoms with Gasteiger partial charge in [-0.1, -0.05) is 23.4 Å². The van der Waals surface area contributed by atoms with Gasteiger partial charge in [0.25, 0.3) is 11.8 Å². The first-order chi connectivity index (χ1) is 17.9. The molecule has 2 amide bonds. The predicted octanol–water partition coefficient (Wildman–Crippen LogP) is -1.05. The Labute approximate surface area is 214 Å². The van der Waals surface area contributed by atoms with Crippen molar-refractivity contribution in [3.8, 4) is 0 Å².